The number of carboxylic acid groups (broad SMARTS) is 1. The number of piperidine rings is 1. The van der Waals surface area contributed by atoms with Crippen LogP contribution in [-0.2, 0) is 9.53 Å². The summed E-state index contributed by atoms with van der Waals surface area (Å²) in [6.45, 7) is 4.31. The summed E-state index contributed by atoms with van der Waals surface area (Å²) >= 11 is 0. The molecular weight excluding hydrogens is 342 g/mol. The zero-order valence-corrected chi connectivity index (χ0v) is 14.5. The third-order valence-corrected chi connectivity index (χ3v) is 5.17. The lowest BCUT2D eigenvalue weighted by atomic mass is 9.96. The Balaban J connectivity index is 1.90. The number of ether oxygens (including phenoxy) is 1. The van der Waals surface area contributed by atoms with Crippen LogP contribution < -0.4 is 0 Å². The summed E-state index contributed by atoms with van der Waals surface area (Å²) in [6, 6.07) is 4.13. The number of carbonyl (C=O) groups is 2. The van der Waals surface area contributed by atoms with Crippen LogP contribution in [0.5, 0.6) is 0 Å². The molecule has 0 radical (unpaired) electrons. The number of nitro groups is 1. The number of hydrogen-bond acceptors (Lipinski definition) is 6. The molecule has 9 nitrogen and oxygen atoms in total. The van der Waals surface area contributed by atoms with Crippen LogP contribution in [0.15, 0.2) is 24.3 Å². The average Bonchev–Trinajstić information content (AvgIpc) is 3.01. The zero-order valence-electron chi connectivity index (χ0n) is 14.5. The summed E-state index contributed by atoms with van der Waals surface area (Å²) in [5.74, 6) is -1.59. The molecule has 2 fully saturated rings. The van der Waals surface area contributed by atoms with Gasteiger partial charge in [-0.1, -0.05) is 6.92 Å². The maximum atomic E-state index is 13.1. The van der Waals surface area contributed by atoms with Crippen molar-refractivity contribution in [3.05, 3.63) is 39.9 Å². The Kier molecular flexibility index (Phi) is 4.92. The molecule has 2 aliphatic heterocycles. The second-order valence-corrected chi connectivity index (χ2v) is 6.52. The molecule has 2 heterocycles. The van der Waals surface area contributed by atoms with Crippen molar-refractivity contribution in [2.75, 3.05) is 26.2 Å². The molecule has 3 rings (SSSR count). The molecule has 1 N–H and O–H groups in total. The summed E-state index contributed by atoms with van der Waals surface area (Å²) in [6.07, 6.45) is 1.06. The Morgan fingerprint density at radius 3 is 2.42 bits per heavy atom. The van der Waals surface area contributed by atoms with Crippen molar-refractivity contribution in [1.29, 1.82) is 0 Å². The van der Waals surface area contributed by atoms with E-state index in [0.29, 0.717) is 25.9 Å². The number of likely N-dealkylation sites (tertiary alicyclic amines) is 1. The highest BCUT2D eigenvalue weighted by atomic mass is 16.6. The fourth-order valence-electron chi connectivity index (χ4n) is 3.64. The molecule has 2 aliphatic rings. The van der Waals surface area contributed by atoms with Gasteiger partial charge in [0, 0.05) is 43.6 Å². The van der Waals surface area contributed by atoms with Crippen LogP contribution in [0, 0.1) is 10.1 Å². The number of aliphatic carboxylic acids is 1. The molecule has 0 aromatic heterocycles. The van der Waals surface area contributed by atoms with E-state index < -0.39 is 28.6 Å². The van der Waals surface area contributed by atoms with Crippen molar-refractivity contribution in [3.63, 3.8) is 0 Å². The highest BCUT2D eigenvalue weighted by molar-refractivity contribution is 5.97. The number of carboxylic acids is 1. The SMILES string of the molecule is CCN1CCC2(CC1)OCC(C(=O)O)N2C(=O)c1ccc([N+](=O)[O-])cc1. The minimum atomic E-state index is -1.12. The van der Waals surface area contributed by atoms with Crippen LogP contribution in [0.3, 0.4) is 0 Å². The molecule has 1 aromatic rings. The largest absolute Gasteiger partial charge is 0.480 e. The molecule has 140 valence electrons. The average molecular weight is 363 g/mol. The van der Waals surface area contributed by atoms with Crippen LogP contribution >= 0.6 is 0 Å². The Morgan fingerprint density at radius 2 is 1.92 bits per heavy atom. The number of benzene rings is 1. The first kappa shape index (κ1) is 18.3. The third-order valence-electron chi connectivity index (χ3n) is 5.17. The molecule has 9 heteroatoms. The van der Waals surface area contributed by atoms with Gasteiger partial charge >= 0.3 is 5.97 Å². The maximum Gasteiger partial charge on any atom is 0.328 e. The van der Waals surface area contributed by atoms with Crippen LogP contribution in [0.25, 0.3) is 0 Å². The van der Waals surface area contributed by atoms with E-state index in [-0.39, 0.29) is 17.9 Å². The number of carbonyl (C=O) groups excluding carboxylic acids is 1. The molecule has 0 saturated carbocycles. The van der Waals surface area contributed by atoms with Gasteiger partial charge in [-0.15, -0.1) is 0 Å². The van der Waals surface area contributed by atoms with E-state index in [1.165, 1.54) is 29.2 Å². The van der Waals surface area contributed by atoms with Gasteiger partial charge < -0.3 is 14.7 Å². The van der Waals surface area contributed by atoms with Crippen LogP contribution in [0.4, 0.5) is 5.69 Å². The molecule has 26 heavy (non-hydrogen) atoms. The van der Waals surface area contributed by atoms with Crippen molar-refractivity contribution in [2.45, 2.75) is 31.5 Å². The van der Waals surface area contributed by atoms with E-state index in [9.17, 15) is 24.8 Å². The topological polar surface area (TPSA) is 113 Å². The van der Waals surface area contributed by atoms with Crippen molar-refractivity contribution < 1.29 is 24.4 Å². The normalized spacial score (nSPS) is 22.5. The van der Waals surface area contributed by atoms with E-state index in [0.717, 1.165) is 6.54 Å². The fraction of sp³-hybridized carbons (Fsp3) is 0.529. The Bertz CT molecular complexity index is 712. The Morgan fingerprint density at radius 1 is 1.31 bits per heavy atom. The van der Waals surface area contributed by atoms with Gasteiger partial charge in [-0.2, -0.15) is 0 Å². The fourth-order valence-corrected chi connectivity index (χ4v) is 3.64. The van der Waals surface area contributed by atoms with Gasteiger partial charge in [0.1, 0.15) is 5.72 Å². The van der Waals surface area contributed by atoms with Crippen LogP contribution in [0.1, 0.15) is 30.1 Å². The van der Waals surface area contributed by atoms with E-state index in [4.69, 9.17) is 4.74 Å². The molecule has 2 saturated heterocycles. The summed E-state index contributed by atoms with van der Waals surface area (Å²) in [5, 5.41) is 20.3. The van der Waals surface area contributed by atoms with Crippen molar-refractivity contribution in [2.24, 2.45) is 0 Å². The second kappa shape index (κ2) is 7.00. The number of amides is 1. The van der Waals surface area contributed by atoms with Crippen LogP contribution in [-0.4, -0.2) is 69.7 Å². The highest BCUT2D eigenvalue weighted by Crippen LogP contribution is 2.38. The first-order valence-electron chi connectivity index (χ1n) is 8.55. The van der Waals surface area contributed by atoms with Gasteiger partial charge in [0.15, 0.2) is 6.04 Å². The van der Waals surface area contributed by atoms with E-state index in [1.54, 1.807) is 0 Å². The van der Waals surface area contributed by atoms with E-state index >= 15 is 0 Å². The van der Waals surface area contributed by atoms with Gasteiger partial charge in [0.2, 0.25) is 0 Å². The molecule has 1 spiro atoms. The minimum Gasteiger partial charge on any atom is -0.480 e. The highest BCUT2D eigenvalue weighted by Gasteiger charge is 2.53. The minimum absolute atomic E-state index is 0.0554. The molecule has 0 aliphatic carbocycles. The monoisotopic (exact) mass is 363 g/mol. The van der Waals surface area contributed by atoms with Crippen LogP contribution in [0.2, 0.25) is 0 Å². The summed E-state index contributed by atoms with van der Waals surface area (Å²) in [5.41, 5.74) is -0.849. The molecule has 0 bridgehead atoms. The third kappa shape index (κ3) is 3.15. The van der Waals surface area contributed by atoms with Crippen molar-refractivity contribution in [3.8, 4) is 0 Å². The standard InChI is InChI=1S/C17H21N3O6/c1-2-18-9-7-17(8-10-18)19(14(11-26-17)16(22)23)15(21)12-3-5-13(6-4-12)20(24)25/h3-6,14H,2,7-11H2,1H3,(H,22,23). The van der Waals surface area contributed by atoms with Gasteiger partial charge in [0.25, 0.3) is 11.6 Å². The van der Waals surface area contributed by atoms with Crippen molar-refractivity contribution in [1.82, 2.24) is 9.80 Å². The Labute approximate surface area is 150 Å². The molecule has 1 unspecified atom stereocenters. The summed E-state index contributed by atoms with van der Waals surface area (Å²) in [7, 11) is 0. The number of nitro benzene ring substituents is 1. The smallest absolute Gasteiger partial charge is 0.328 e. The van der Waals surface area contributed by atoms with Crippen molar-refractivity contribution >= 4 is 17.6 Å². The van der Waals surface area contributed by atoms with E-state index in [1.807, 2.05) is 6.92 Å². The lowest BCUT2D eigenvalue weighted by Crippen LogP contribution is -2.58. The van der Waals surface area contributed by atoms with Gasteiger partial charge in [-0.05, 0) is 18.7 Å². The first-order valence-corrected chi connectivity index (χ1v) is 8.55. The van der Waals surface area contributed by atoms with Gasteiger partial charge in [0.05, 0.1) is 11.5 Å². The van der Waals surface area contributed by atoms with Gasteiger partial charge in [-0.3, -0.25) is 19.8 Å². The molecule has 1 atom stereocenters. The van der Waals surface area contributed by atoms with Gasteiger partial charge in [-0.25, -0.2) is 4.79 Å². The lowest BCUT2D eigenvalue weighted by Gasteiger charge is -2.44. The predicted molar refractivity (Wildman–Crippen MR) is 90.7 cm³/mol. The predicted octanol–water partition coefficient (Wildman–Crippen LogP) is 1.33. The molecular formula is C17H21N3O6. The summed E-state index contributed by atoms with van der Waals surface area (Å²) < 4.78 is 5.85. The number of non-ortho nitro benzene ring substituents is 1. The van der Waals surface area contributed by atoms with E-state index in [2.05, 4.69) is 4.90 Å². The zero-order chi connectivity index (χ0) is 18.9. The number of rotatable bonds is 4. The Hall–Kier alpha value is -2.52. The number of nitrogens with zero attached hydrogens (tertiary/aromatic N) is 3. The second-order valence-electron chi connectivity index (χ2n) is 6.52. The quantitative estimate of drug-likeness (QED) is 0.634. The summed E-state index contributed by atoms with van der Waals surface area (Å²) in [4.78, 5) is 38.5. The number of hydrogen-bond donors (Lipinski definition) is 1. The molecule has 1 aromatic carbocycles. The molecule has 1 amide bonds. The lowest BCUT2D eigenvalue weighted by molar-refractivity contribution is -0.384. The maximum absolute atomic E-state index is 13.1. The first-order chi connectivity index (χ1) is 12.4.